The van der Waals surface area contributed by atoms with Crippen molar-refractivity contribution in [3.05, 3.63) is 27.5 Å². The van der Waals surface area contributed by atoms with Crippen molar-refractivity contribution < 1.29 is 17.9 Å². The van der Waals surface area contributed by atoms with E-state index < -0.39 is 27.3 Å². The summed E-state index contributed by atoms with van der Waals surface area (Å²) in [4.78, 5) is 18.6. The summed E-state index contributed by atoms with van der Waals surface area (Å²) in [5.74, 6) is 0.107. The van der Waals surface area contributed by atoms with E-state index in [-0.39, 0.29) is 37.3 Å². The number of nitrogens with zero attached hydrogens (tertiary/aromatic N) is 5. The van der Waals surface area contributed by atoms with E-state index in [0.717, 1.165) is 8.28 Å². The quantitative estimate of drug-likeness (QED) is 0.578. The number of rotatable bonds is 3. The molecular formula is C20H25BrClN5O4S. The predicted molar refractivity (Wildman–Crippen MR) is 125 cm³/mol. The van der Waals surface area contributed by atoms with E-state index in [9.17, 15) is 18.5 Å². The normalized spacial score (nSPS) is 16.9. The average Bonchev–Trinajstić information content (AvgIpc) is 3.07. The van der Waals surface area contributed by atoms with Crippen LogP contribution in [0.2, 0.25) is 5.02 Å². The number of ether oxygens (including phenoxy) is 1. The molecule has 3 rings (SSSR count). The lowest BCUT2D eigenvalue weighted by molar-refractivity contribution is 0.0182. The highest BCUT2D eigenvalue weighted by Gasteiger charge is 2.45. The van der Waals surface area contributed by atoms with Gasteiger partial charge in [0.25, 0.3) is 0 Å². The number of carbonyl (C=O) groups excluding carboxylic acids is 1. The summed E-state index contributed by atoms with van der Waals surface area (Å²) in [6.07, 6.45) is -0.0474. The zero-order valence-electron chi connectivity index (χ0n) is 18.5. The maximum absolute atomic E-state index is 13.3. The first-order valence-corrected chi connectivity index (χ1v) is 12.5. The molecule has 12 heteroatoms. The first kappa shape index (κ1) is 24.8. The van der Waals surface area contributed by atoms with Crippen molar-refractivity contribution in [1.29, 1.82) is 5.26 Å². The topological polar surface area (TPSA) is 109 Å². The summed E-state index contributed by atoms with van der Waals surface area (Å²) in [7, 11) is -1.20. The molecule has 0 N–H and O–H groups in total. The average molecular weight is 547 g/mol. The minimum Gasteiger partial charge on any atom is -0.444 e. The van der Waals surface area contributed by atoms with Crippen molar-refractivity contribution in [1.82, 2.24) is 18.2 Å². The Morgan fingerprint density at radius 2 is 1.91 bits per heavy atom. The van der Waals surface area contributed by atoms with E-state index in [2.05, 4.69) is 27.0 Å². The zero-order chi connectivity index (χ0) is 24.1. The summed E-state index contributed by atoms with van der Waals surface area (Å²) in [6, 6.07) is 5.43. The molecule has 32 heavy (non-hydrogen) atoms. The van der Waals surface area contributed by atoms with Gasteiger partial charge in [-0.3, -0.25) is 0 Å². The fraction of sp³-hybridized carbons (Fsp3) is 0.550. The van der Waals surface area contributed by atoms with Crippen LogP contribution in [-0.2, 0) is 20.4 Å². The van der Waals surface area contributed by atoms with Crippen molar-refractivity contribution in [3.8, 4) is 6.07 Å². The van der Waals surface area contributed by atoms with Crippen LogP contribution in [-0.4, -0.2) is 65.5 Å². The van der Waals surface area contributed by atoms with Crippen LogP contribution in [0.25, 0.3) is 11.0 Å². The summed E-state index contributed by atoms with van der Waals surface area (Å²) in [6.45, 7) is 5.81. The zero-order valence-corrected chi connectivity index (χ0v) is 21.7. The van der Waals surface area contributed by atoms with E-state index >= 15 is 0 Å². The van der Waals surface area contributed by atoms with Crippen LogP contribution in [0.15, 0.2) is 16.6 Å². The third-order valence-electron chi connectivity index (χ3n) is 5.24. The molecule has 0 aliphatic carbocycles. The molecule has 0 bridgehead atoms. The van der Waals surface area contributed by atoms with Gasteiger partial charge in [0.05, 0.1) is 11.6 Å². The Balaban J connectivity index is 2.12. The van der Waals surface area contributed by atoms with Crippen molar-refractivity contribution in [2.75, 3.05) is 27.2 Å². The lowest BCUT2D eigenvalue weighted by Crippen LogP contribution is -2.48. The predicted octanol–water partition coefficient (Wildman–Crippen LogP) is 3.90. The number of imidazole rings is 1. The van der Waals surface area contributed by atoms with E-state index in [4.69, 9.17) is 16.3 Å². The van der Waals surface area contributed by atoms with Gasteiger partial charge in [-0.1, -0.05) is 11.6 Å². The van der Waals surface area contributed by atoms with E-state index in [1.54, 1.807) is 26.8 Å². The third kappa shape index (κ3) is 4.46. The number of amides is 1. The number of likely N-dealkylation sites (tertiary alicyclic amines) is 1. The number of fused-ring (bicyclic) bond motifs is 1. The number of piperidine rings is 1. The molecule has 1 amide bonds. The molecule has 0 radical (unpaired) electrons. The lowest BCUT2D eigenvalue weighted by Gasteiger charge is -2.37. The molecule has 0 spiro atoms. The van der Waals surface area contributed by atoms with Crippen LogP contribution in [0.1, 0.15) is 39.4 Å². The van der Waals surface area contributed by atoms with E-state index in [1.165, 1.54) is 25.1 Å². The van der Waals surface area contributed by atoms with Gasteiger partial charge in [-0.05, 0) is 61.7 Å². The third-order valence-corrected chi connectivity index (χ3v) is 7.82. The monoisotopic (exact) mass is 545 g/mol. The van der Waals surface area contributed by atoms with Crippen LogP contribution in [0.5, 0.6) is 0 Å². The van der Waals surface area contributed by atoms with Gasteiger partial charge in [-0.15, -0.1) is 0 Å². The van der Waals surface area contributed by atoms with Gasteiger partial charge in [0, 0.05) is 36.7 Å². The molecule has 1 saturated heterocycles. The maximum Gasteiger partial charge on any atom is 0.410 e. The van der Waals surface area contributed by atoms with Crippen LogP contribution < -0.4 is 0 Å². The Hall–Kier alpha value is -1.87. The second-order valence-electron chi connectivity index (χ2n) is 8.91. The maximum atomic E-state index is 13.3. The summed E-state index contributed by atoms with van der Waals surface area (Å²) < 4.78 is 34.7. The molecule has 1 aromatic carbocycles. The summed E-state index contributed by atoms with van der Waals surface area (Å²) >= 11 is 9.59. The van der Waals surface area contributed by atoms with Crippen LogP contribution >= 0.6 is 27.5 Å². The van der Waals surface area contributed by atoms with Crippen LogP contribution in [0, 0.1) is 11.3 Å². The molecule has 1 aromatic heterocycles. The number of hydrogen-bond donors (Lipinski definition) is 0. The minimum atomic E-state index is -4.02. The molecule has 1 aliphatic heterocycles. The molecule has 2 aromatic rings. The Labute approximate surface area is 201 Å². The lowest BCUT2D eigenvalue weighted by atomic mass is 9.79. The molecule has 174 valence electrons. The molecule has 9 nitrogen and oxygen atoms in total. The highest BCUT2D eigenvalue weighted by molar-refractivity contribution is 9.10. The number of halogens is 2. The molecule has 0 saturated carbocycles. The molecule has 2 heterocycles. The Kier molecular flexibility index (Phi) is 6.56. The first-order chi connectivity index (χ1) is 14.7. The number of aromatic nitrogens is 2. The largest absolute Gasteiger partial charge is 0.444 e. The summed E-state index contributed by atoms with van der Waals surface area (Å²) in [5, 5.41) is 10.5. The van der Waals surface area contributed by atoms with Gasteiger partial charge >= 0.3 is 16.3 Å². The second-order valence-corrected chi connectivity index (χ2v) is 12.2. The number of nitriles is 1. The fourth-order valence-corrected chi connectivity index (χ4v) is 5.60. The molecule has 1 aliphatic rings. The van der Waals surface area contributed by atoms with E-state index in [0.29, 0.717) is 15.0 Å². The van der Waals surface area contributed by atoms with Crippen molar-refractivity contribution >= 4 is 54.9 Å². The van der Waals surface area contributed by atoms with Gasteiger partial charge in [-0.25, -0.2) is 13.8 Å². The van der Waals surface area contributed by atoms with Gasteiger partial charge in [0.2, 0.25) is 0 Å². The molecular weight excluding hydrogens is 522 g/mol. The number of carbonyl (C=O) groups is 1. The Bertz CT molecular complexity index is 1210. The number of hydrogen-bond acceptors (Lipinski definition) is 6. The molecule has 0 atom stereocenters. The highest BCUT2D eigenvalue weighted by atomic mass is 79.9. The number of benzene rings is 1. The minimum absolute atomic E-state index is 0.107. The van der Waals surface area contributed by atoms with Gasteiger partial charge < -0.3 is 9.64 Å². The van der Waals surface area contributed by atoms with Crippen molar-refractivity contribution in [2.24, 2.45) is 0 Å². The summed E-state index contributed by atoms with van der Waals surface area (Å²) in [5.41, 5.74) is -1.19. The van der Waals surface area contributed by atoms with Gasteiger partial charge in [0.15, 0.2) is 0 Å². The van der Waals surface area contributed by atoms with Crippen molar-refractivity contribution in [3.63, 3.8) is 0 Å². The fourth-order valence-electron chi connectivity index (χ4n) is 3.56. The van der Waals surface area contributed by atoms with Gasteiger partial charge in [-0.2, -0.15) is 18.0 Å². The van der Waals surface area contributed by atoms with E-state index in [1.807, 2.05) is 0 Å². The standard InChI is InChI=1S/C20H25BrClN5O4S/c1-19(2,3)31-18(28)26-8-6-20(12-23,7-9-26)17-24-16-14(21)10-13(22)11-15(16)27(17)32(29,30)25(4)5/h10-11H,6-9H2,1-5H3. The highest BCUT2D eigenvalue weighted by Crippen LogP contribution is 2.39. The van der Waals surface area contributed by atoms with Gasteiger partial charge in [0.1, 0.15) is 22.4 Å². The molecule has 1 fully saturated rings. The van der Waals surface area contributed by atoms with Crippen LogP contribution in [0.4, 0.5) is 4.79 Å². The first-order valence-electron chi connectivity index (χ1n) is 9.92. The SMILES string of the molecule is CN(C)S(=O)(=O)n1c(C2(C#N)CCN(C(=O)OC(C)(C)C)CC2)nc2c(Br)cc(Cl)cc21. The Morgan fingerprint density at radius 3 is 2.41 bits per heavy atom. The van der Waals surface area contributed by atoms with Crippen LogP contribution in [0.3, 0.4) is 0 Å². The molecule has 0 unspecified atom stereocenters. The second kappa shape index (κ2) is 8.48. The Morgan fingerprint density at radius 1 is 1.31 bits per heavy atom. The smallest absolute Gasteiger partial charge is 0.410 e. The van der Waals surface area contributed by atoms with Crippen molar-refractivity contribution in [2.45, 2.75) is 44.6 Å².